The Morgan fingerprint density at radius 1 is 0.292 bits per heavy atom. The van der Waals surface area contributed by atoms with E-state index < -0.39 is 97.5 Å². The van der Waals surface area contributed by atoms with Gasteiger partial charge >= 0.3 is 39.5 Å². The Bertz CT molecular complexity index is 1970. The molecule has 0 saturated carbocycles. The van der Waals surface area contributed by atoms with Gasteiger partial charge in [-0.15, -0.1) is 0 Å². The fraction of sp³-hybridized carbons (Fsp3) is 0.870. The average Bonchev–Trinajstić information content (AvgIpc) is 1.19. The van der Waals surface area contributed by atoms with Crippen molar-refractivity contribution >= 4 is 39.5 Å². The molecule has 17 nitrogen and oxygen atoms in total. The molecule has 5 atom stereocenters. The molecule has 0 aromatic rings. The molecule has 0 heterocycles. The monoisotopic (exact) mass is 1400 g/mol. The minimum atomic E-state index is -4.97. The lowest BCUT2D eigenvalue weighted by molar-refractivity contribution is -0.161. The standard InChI is InChI=1S/C77H144O17P2/c1-5-9-13-17-21-25-29-33-35-39-43-47-51-55-59-63-76(81)93-72(67-87-74(79)61-57-53-49-45-41-37-31-27-23-19-15-11-7-3)69-91-95(83,84)89-65-71(78)66-90-96(85,86)92-70-73(68-88-75(80)62-58-54-50-46-42-38-32-28-24-20-16-12-8-4)94-77(82)64-60-56-52-48-44-40-36-34-30-26-22-18-14-10-6-2/h21,25,33-36,71-73,78H,5-20,22-24,26-32,37-70H2,1-4H3,(H,83,84)(H,85,86)/b25-21-,35-33-,36-34-/t71-,72+,73+/m0/s1. The van der Waals surface area contributed by atoms with E-state index >= 15 is 0 Å². The second-order valence-electron chi connectivity index (χ2n) is 26.7. The van der Waals surface area contributed by atoms with Crippen molar-refractivity contribution < 1.29 is 80.2 Å². The molecular formula is C77H144O17P2. The number of unbranched alkanes of at least 4 members (excludes halogenated alkanes) is 43. The first kappa shape index (κ1) is 93.3. The zero-order chi connectivity index (χ0) is 70.4. The molecule has 0 amide bonds. The summed E-state index contributed by atoms with van der Waals surface area (Å²) in [5.74, 6) is -2.16. The number of aliphatic hydroxyl groups excluding tert-OH is 1. The molecule has 0 radical (unpaired) electrons. The summed E-state index contributed by atoms with van der Waals surface area (Å²) in [6, 6.07) is 0. The fourth-order valence-electron chi connectivity index (χ4n) is 11.1. The molecule has 0 spiro atoms. The first-order valence-corrected chi connectivity index (χ1v) is 42.2. The van der Waals surface area contributed by atoms with E-state index in [-0.39, 0.29) is 25.7 Å². The predicted molar refractivity (Wildman–Crippen MR) is 391 cm³/mol. The van der Waals surface area contributed by atoms with Gasteiger partial charge in [0.25, 0.3) is 0 Å². The summed E-state index contributed by atoms with van der Waals surface area (Å²) in [5, 5.41) is 10.6. The smallest absolute Gasteiger partial charge is 0.462 e. The molecular weight excluding hydrogens is 1260 g/mol. The summed E-state index contributed by atoms with van der Waals surface area (Å²) in [5.41, 5.74) is 0. The van der Waals surface area contributed by atoms with Gasteiger partial charge in [-0.05, 0) is 83.5 Å². The first-order valence-electron chi connectivity index (χ1n) is 39.2. The first-order chi connectivity index (χ1) is 46.7. The van der Waals surface area contributed by atoms with Crippen LogP contribution in [0.3, 0.4) is 0 Å². The zero-order valence-electron chi connectivity index (χ0n) is 61.6. The molecule has 19 heteroatoms. The van der Waals surface area contributed by atoms with E-state index in [9.17, 15) is 43.2 Å². The van der Waals surface area contributed by atoms with Crippen molar-refractivity contribution in [3.63, 3.8) is 0 Å². The lowest BCUT2D eigenvalue weighted by atomic mass is 10.0. The van der Waals surface area contributed by atoms with E-state index in [1.54, 1.807) is 0 Å². The number of aliphatic hydroxyl groups is 1. The highest BCUT2D eigenvalue weighted by atomic mass is 31.2. The van der Waals surface area contributed by atoms with Crippen LogP contribution in [0.25, 0.3) is 0 Å². The molecule has 0 aliphatic carbocycles. The number of carbonyl (C=O) groups excluding carboxylic acids is 4. The molecule has 0 bridgehead atoms. The summed E-state index contributed by atoms with van der Waals surface area (Å²) in [7, 11) is -9.93. The van der Waals surface area contributed by atoms with Gasteiger partial charge in [-0.2, -0.15) is 0 Å². The quantitative estimate of drug-likeness (QED) is 0.0169. The molecule has 0 fully saturated rings. The third kappa shape index (κ3) is 69.7. The second-order valence-corrected chi connectivity index (χ2v) is 29.6. The number of phosphoric acid groups is 2. The Balaban J connectivity index is 5.32. The summed E-state index contributed by atoms with van der Waals surface area (Å²) in [6.07, 6.45) is 65.5. The Labute approximate surface area is 585 Å². The van der Waals surface area contributed by atoms with Crippen LogP contribution in [0.2, 0.25) is 0 Å². The van der Waals surface area contributed by atoms with Gasteiger partial charge in [0.1, 0.15) is 19.3 Å². The van der Waals surface area contributed by atoms with Crippen molar-refractivity contribution in [3.8, 4) is 0 Å². The molecule has 0 aliphatic heterocycles. The van der Waals surface area contributed by atoms with E-state index in [2.05, 4.69) is 64.2 Å². The Morgan fingerprint density at radius 3 is 0.802 bits per heavy atom. The van der Waals surface area contributed by atoms with Gasteiger partial charge in [-0.25, -0.2) is 9.13 Å². The third-order valence-electron chi connectivity index (χ3n) is 17.1. The van der Waals surface area contributed by atoms with Crippen molar-refractivity contribution in [2.24, 2.45) is 0 Å². The zero-order valence-corrected chi connectivity index (χ0v) is 63.4. The summed E-state index contributed by atoms with van der Waals surface area (Å²) in [6.45, 7) is 4.90. The minimum Gasteiger partial charge on any atom is -0.462 e. The summed E-state index contributed by atoms with van der Waals surface area (Å²) < 4.78 is 68.5. The van der Waals surface area contributed by atoms with Crippen LogP contribution in [-0.4, -0.2) is 96.7 Å². The van der Waals surface area contributed by atoms with E-state index in [0.717, 1.165) is 122 Å². The molecule has 2 unspecified atom stereocenters. The van der Waals surface area contributed by atoms with Crippen molar-refractivity contribution in [3.05, 3.63) is 36.5 Å². The second kappa shape index (κ2) is 70.7. The number of hydrogen-bond acceptors (Lipinski definition) is 15. The van der Waals surface area contributed by atoms with E-state index in [0.29, 0.717) is 25.7 Å². The largest absolute Gasteiger partial charge is 0.472 e. The number of ether oxygens (including phenoxy) is 4. The molecule has 0 saturated heterocycles. The fourth-order valence-corrected chi connectivity index (χ4v) is 12.7. The van der Waals surface area contributed by atoms with E-state index in [1.807, 2.05) is 0 Å². The van der Waals surface area contributed by atoms with Crippen LogP contribution in [-0.2, 0) is 65.4 Å². The Morgan fingerprint density at radius 2 is 0.510 bits per heavy atom. The molecule has 0 rings (SSSR count). The van der Waals surface area contributed by atoms with Crippen LogP contribution in [0.1, 0.15) is 374 Å². The highest BCUT2D eigenvalue weighted by Crippen LogP contribution is 2.45. The molecule has 0 aliphatic rings. The normalized spacial score (nSPS) is 14.1. The molecule has 96 heavy (non-hydrogen) atoms. The summed E-state index contributed by atoms with van der Waals surface area (Å²) >= 11 is 0. The molecule has 564 valence electrons. The molecule has 0 aromatic heterocycles. The maximum Gasteiger partial charge on any atom is 0.472 e. The number of hydrogen-bond donors (Lipinski definition) is 3. The van der Waals surface area contributed by atoms with Crippen LogP contribution in [0.15, 0.2) is 36.5 Å². The van der Waals surface area contributed by atoms with Gasteiger partial charge in [-0.3, -0.25) is 37.3 Å². The number of esters is 4. The van der Waals surface area contributed by atoms with Crippen molar-refractivity contribution in [2.75, 3.05) is 39.6 Å². The van der Waals surface area contributed by atoms with Gasteiger partial charge in [0.2, 0.25) is 0 Å². The van der Waals surface area contributed by atoms with Gasteiger partial charge in [0, 0.05) is 25.7 Å². The highest BCUT2D eigenvalue weighted by molar-refractivity contribution is 7.47. The van der Waals surface area contributed by atoms with Gasteiger partial charge < -0.3 is 33.8 Å². The lowest BCUT2D eigenvalue weighted by Gasteiger charge is -2.21. The lowest BCUT2D eigenvalue weighted by Crippen LogP contribution is -2.30. The number of carbonyl (C=O) groups is 4. The van der Waals surface area contributed by atoms with Gasteiger partial charge in [0.05, 0.1) is 26.4 Å². The highest BCUT2D eigenvalue weighted by Gasteiger charge is 2.30. The van der Waals surface area contributed by atoms with Crippen LogP contribution < -0.4 is 0 Å². The number of rotatable bonds is 75. The minimum absolute atomic E-state index is 0.0861. The van der Waals surface area contributed by atoms with E-state index in [4.69, 9.17) is 37.0 Å². The predicted octanol–water partition coefficient (Wildman–Crippen LogP) is 22.3. The van der Waals surface area contributed by atoms with Crippen LogP contribution in [0.4, 0.5) is 0 Å². The van der Waals surface area contributed by atoms with Crippen molar-refractivity contribution in [2.45, 2.75) is 393 Å². The van der Waals surface area contributed by atoms with Crippen LogP contribution >= 0.6 is 15.6 Å². The maximum absolute atomic E-state index is 13.1. The van der Waals surface area contributed by atoms with Crippen molar-refractivity contribution in [1.82, 2.24) is 0 Å². The van der Waals surface area contributed by atoms with Crippen LogP contribution in [0, 0.1) is 0 Å². The summed E-state index contributed by atoms with van der Waals surface area (Å²) in [4.78, 5) is 72.8. The average molecular weight is 1400 g/mol. The third-order valence-corrected chi connectivity index (χ3v) is 19.0. The van der Waals surface area contributed by atoms with Crippen LogP contribution in [0.5, 0.6) is 0 Å². The van der Waals surface area contributed by atoms with E-state index in [1.165, 1.54) is 173 Å². The number of allylic oxidation sites excluding steroid dienone is 6. The number of phosphoric ester groups is 2. The Hall–Kier alpha value is -2.72. The molecule has 0 aromatic carbocycles. The maximum atomic E-state index is 13.1. The SMILES string of the molecule is CCCCC/C=C\C/C=C\CCCCCCCC(=O)O[C@H](COC(=O)CCCCCCCCCCCCCCC)COP(=O)(O)OC[C@H](O)COP(=O)(O)OC[C@@H](COC(=O)CCCCCCCCCCCCCCC)OC(=O)CCCCCCC/C=C\CCCCCCCC. The van der Waals surface area contributed by atoms with Gasteiger partial charge in [-0.1, -0.05) is 302 Å². The van der Waals surface area contributed by atoms with Gasteiger partial charge in [0.15, 0.2) is 12.2 Å². The Kier molecular flexibility index (Phi) is 68.7. The topological polar surface area (TPSA) is 237 Å². The van der Waals surface area contributed by atoms with Crippen molar-refractivity contribution in [1.29, 1.82) is 0 Å². The molecule has 3 N–H and O–H groups in total.